The number of carbonyl (C=O) groups is 2. The fraction of sp³-hybridized carbons (Fsp3) is 0.556. The number of hydrogen-bond acceptors (Lipinski definition) is 3. The van der Waals surface area contributed by atoms with Crippen molar-refractivity contribution in [3.8, 4) is 0 Å². The summed E-state index contributed by atoms with van der Waals surface area (Å²) >= 11 is 0. The molecule has 124 valence electrons. The van der Waals surface area contributed by atoms with E-state index in [4.69, 9.17) is 4.74 Å². The summed E-state index contributed by atoms with van der Waals surface area (Å²) < 4.78 is 5.79. The lowest BCUT2D eigenvalue weighted by atomic mass is 9.95. The molecule has 2 aliphatic rings. The van der Waals surface area contributed by atoms with Gasteiger partial charge in [0.15, 0.2) is 0 Å². The number of fused-ring (bicyclic) bond motifs is 1. The molecule has 1 aromatic rings. The molecule has 3 rings (SSSR count). The quantitative estimate of drug-likeness (QED) is 0.922. The van der Waals surface area contributed by atoms with E-state index in [9.17, 15) is 9.59 Å². The summed E-state index contributed by atoms with van der Waals surface area (Å²) in [6.07, 6.45) is 2.45. The van der Waals surface area contributed by atoms with E-state index in [2.05, 4.69) is 11.4 Å². The molecule has 0 spiro atoms. The summed E-state index contributed by atoms with van der Waals surface area (Å²) in [7, 11) is 0. The highest BCUT2D eigenvalue weighted by atomic mass is 16.5. The summed E-state index contributed by atoms with van der Waals surface area (Å²) in [6, 6.07) is 8.23. The lowest BCUT2D eigenvalue weighted by molar-refractivity contribution is -0.130. The molecular formula is C18H24N2O3. The second kappa shape index (κ2) is 7.13. The van der Waals surface area contributed by atoms with Crippen LogP contribution in [0.5, 0.6) is 0 Å². The first-order valence-electron chi connectivity index (χ1n) is 8.44. The van der Waals surface area contributed by atoms with Crippen LogP contribution in [0.15, 0.2) is 24.3 Å². The van der Waals surface area contributed by atoms with Crippen LogP contribution < -0.4 is 5.32 Å². The van der Waals surface area contributed by atoms with Crippen molar-refractivity contribution in [1.29, 1.82) is 0 Å². The molecule has 23 heavy (non-hydrogen) atoms. The molecule has 2 amide bonds. The Bertz CT molecular complexity index is 587. The number of amides is 2. The summed E-state index contributed by atoms with van der Waals surface area (Å²) in [5, 5.41) is 3.05. The van der Waals surface area contributed by atoms with Crippen molar-refractivity contribution >= 4 is 11.8 Å². The number of carbonyl (C=O) groups excluding carboxylic acids is 2. The van der Waals surface area contributed by atoms with Gasteiger partial charge in [-0.3, -0.25) is 9.59 Å². The third kappa shape index (κ3) is 3.72. The van der Waals surface area contributed by atoms with Crippen molar-refractivity contribution in [2.45, 2.75) is 44.8 Å². The van der Waals surface area contributed by atoms with Gasteiger partial charge in [0.05, 0.1) is 19.1 Å². The standard InChI is InChI=1S/C18H24N2O3/c1-2-18(22)20-9-7-14(12-20)19-17(21)11-16-15-6-4-3-5-13(15)8-10-23-16/h3-6,14,16H,2,7-12H2,1H3,(H,19,21)/t14-,16+/m1/s1. The average Bonchev–Trinajstić information content (AvgIpc) is 3.03. The maximum atomic E-state index is 12.3. The molecule has 2 aliphatic heterocycles. The summed E-state index contributed by atoms with van der Waals surface area (Å²) in [5.74, 6) is 0.161. The highest BCUT2D eigenvalue weighted by molar-refractivity contribution is 5.78. The Morgan fingerprint density at radius 2 is 2.17 bits per heavy atom. The van der Waals surface area contributed by atoms with E-state index >= 15 is 0 Å². The minimum Gasteiger partial charge on any atom is -0.373 e. The van der Waals surface area contributed by atoms with Crippen molar-refractivity contribution in [2.24, 2.45) is 0 Å². The van der Waals surface area contributed by atoms with E-state index in [0.29, 0.717) is 26.0 Å². The van der Waals surface area contributed by atoms with Gasteiger partial charge in [0, 0.05) is 25.6 Å². The fourth-order valence-corrected chi connectivity index (χ4v) is 3.43. The van der Waals surface area contributed by atoms with Crippen molar-refractivity contribution in [1.82, 2.24) is 10.2 Å². The predicted molar refractivity (Wildman–Crippen MR) is 86.9 cm³/mol. The van der Waals surface area contributed by atoms with Crippen LogP contribution in [0.4, 0.5) is 0 Å². The Hall–Kier alpha value is -1.88. The van der Waals surface area contributed by atoms with Gasteiger partial charge in [0.1, 0.15) is 0 Å². The van der Waals surface area contributed by atoms with E-state index in [1.54, 1.807) is 0 Å². The summed E-state index contributed by atoms with van der Waals surface area (Å²) in [6.45, 7) is 3.89. The average molecular weight is 316 g/mol. The molecule has 0 radical (unpaired) electrons. The first kappa shape index (κ1) is 16.0. The molecule has 5 heteroatoms. The molecule has 0 bridgehead atoms. The van der Waals surface area contributed by atoms with Crippen LogP contribution in [0.1, 0.15) is 43.4 Å². The smallest absolute Gasteiger partial charge is 0.223 e. The molecule has 1 fully saturated rings. The third-order valence-electron chi connectivity index (χ3n) is 4.67. The summed E-state index contributed by atoms with van der Waals surface area (Å²) in [5.41, 5.74) is 2.40. The van der Waals surface area contributed by atoms with Gasteiger partial charge in [-0.2, -0.15) is 0 Å². The Kier molecular flexibility index (Phi) is 4.96. The number of benzene rings is 1. The molecule has 1 saturated heterocycles. The lowest BCUT2D eigenvalue weighted by Gasteiger charge is -2.26. The number of ether oxygens (including phenoxy) is 1. The van der Waals surface area contributed by atoms with Crippen LogP contribution in [0.25, 0.3) is 0 Å². The minimum absolute atomic E-state index is 0.00232. The van der Waals surface area contributed by atoms with Gasteiger partial charge in [0.25, 0.3) is 0 Å². The fourth-order valence-electron chi connectivity index (χ4n) is 3.43. The Labute approximate surface area is 137 Å². The van der Waals surface area contributed by atoms with Crippen LogP contribution in [0, 0.1) is 0 Å². The van der Waals surface area contributed by atoms with Crippen LogP contribution in [0.2, 0.25) is 0 Å². The van der Waals surface area contributed by atoms with Gasteiger partial charge in [-0.05, 0) is 24.0 Å². The number of rotatable bonds is 4. The Balaban J connectivity index is 1.54. The van der Waals surface area contributed by atoms with Gasteiger partial charge in [-0.1, -0.05) is 31.2 Å². The van der Waals surface area contributed by atoms with Crippen molar-refractivity contribution in [3.63, 3.8) is 0 Å². The van der Waals surface area contributed by atoms with E-state index in [0.717, 1.165) is 24.9 Å². The molecule has 1 aromatic carbocycles. The largest absolute Gasteiger partial charge is 0.373 e. The van der Waals surface area contributed by atoms with Gasteiger partial charge in [0.2, 0.25) is 11.8 Å². The van der Waals surface area contributed by atoms with Crippen LogP contribution >= 0.6 is 0 Å². The highest BCUT2D eigenvalue weighted by Crippen LogP contribution is 2.29. The topological polar surface area (TPSA) is 58.6 Å². The highest BCUT2D eigenvalue weighted by Gasteiger charge is 2.28. The van der Waals surface area contributed by atoms with Crippen molar-refractivity contribution in [2.75, 3.05) is 19.7 Å². The number of nitrogens with one attached hydrogen (secondary N) is 1. The maximum Gasteiger partial charge on any atom is 0.223 e. The SMILES string of the molecule is CCC(=O)N1CC[C@@H](NC(=O)C[C@@H]2OCCc3ccccc32)C1. The monoisotopic (exact) mass is 316 g/mol. The van der Waals surface area contributed by atoms with Crippen LogP contribution in [-0.4, -0.2) is 42.5 Å². The van der Waals surface area contributed by atoms with Crippen molar-refractivity contribution < 1.29 is 14.3 Å². The zero-order chi connectivity index (χ0) is 16.2. The first-order chi connectivity index (χ1) is 11.2. The van der Waals surface area contributed by atoms with Crippen LogP contribution in [-0.2, 0) is 20.7 Å². The molecule has 0 aliphatic carbocycles. The number of nitrogens with zero attached hydrogens (tertiary/aromatic N) is 1. The molecule has 2 heterocycles. The molecule has 0 saturated carbocycles. The Morgan fingerprint density at radius 3 is 3.00 bits per heavy atom. The molecule has 0 unspecified atom stereocenters. The van der Waals surface area contributed by atoms with E-state index in [1.165, 1.54) is 5.56 Å². The molecule has 2 atom stereocenters. The van der Waals surface area contributed by atoms with E-state index < -0.39 is 0 Å². The number of hydrogen-bond donors (Lipinski definition) is 1. The van der Waals surface area contributed by atoms with Crippen molar-refractivity contribution in [3.05, 3.63) is 35.4 Å². The molecular weight excluding hydrogens is 292 g/mol. The second-order valence-corrected chi connectivity index (χ2v) is 6.26. The van der Waals surface area contributed by atoms with Crippen LogP contribution in [0.3, 0.4) is 0 Å². The zero-order valence-electron chi connectivity index (χ0n) is 13.6. The zero-order valence-corrected chi connectivity index (χ0v) is 13.6. The van der Waals surface area contributed by atoms with E-state index in [-0.39, 0.29) is 24.0 Å². The molecule has 5 nitrogen and oxygen atoms in total. The molecule has 0 aromatic heterocycles. The maximum absolute atomic E-state index is 12.3. The van der Waals surface area contributed by atoms with Gasteiger partial charge >= 0.3 is 0 Å². The Morgan fingerprint density at radius 1 is 1.35 bits per heavy atom. The normalized spacial score (nSPS) is 23.4. The first-order valence-corrected chi connectivity index (χ1v) is 8.44. The van der Waals surface area contributed by atoms with Gasteiger partial charge in [-0.15, -0.1) is 0 Å². The lowest BCUT2D eigenvalue weighted by Crippen LogP contribution is -2.39. The molecule has 1 N–H and O–H groups in total. The van der Waals surface area contributed by atoms with E-state index in [1.807, 2.05) is 30.0 Å². The predicted octanol–water partition coefficient (Wildman–Crippen LogP) is 1.82. The number of likely N-dealkylation sites (tertiary alicyclic amines) is 1. The van der Waals surface area contributed by atoms with Gasteiger partial charge < -0.3 is 15.0 Å². The minimum atomic E-state index is -0.158. The van der Waals surface area contributed by atoms with Gasteiger partial charge in [-0.25, -0.2) is 0 Å². The summed E-state index contributed by atoms with van der Waals surface area (Å²) in [4.78, 5) is 25.9. The second-order valence-electron chi connectivity index (χ2n) is 6.26. The third-order valence-corrected chi connectivity index (χ3v) is 4.67.